The number of carbonyl (C=O) groups is 1. The van der Waals surface area contributed by atoms with E-state index in [2.05, 4.69) is 21.2 Å². The fourth-order valence-electron chi connectivity index (χ4n) is 2.20. The van der Waals surface area contributed by atoms with Crippen molar-refractivity contribution in [1.29, 1.82) is 0 Å². The van der Waals surface area contributed by atoms with Gasteiger partial charge in [0.15, 0.2) is 0 Å². The lowest BCUT2D eigenvalue weighted by molar-refractivity contribution is -0.385. The maximum absolute atomic E-state index is 12.0. The molecule has 0 radical (unpaired) electrons. The smallest absolute Gasteiger partial charge is 0.331 e. The molecule has 1 aromatic carbocycles. The number of methoxy groups -OCH3 is 1. The molecule has 1 atom stereocenters. The predicted octanol–water partition coefficient (Wildman–Crippen LogP) is 3.81. The second kappa shape index (κ2) is 6.89. The van der Waals surface area contributed by atoms with Crippen LogP contribution in [0, 0.1) is 17.0 Å². The summed E-state index contributed by atoms with van der Waals surface area (Å²) in [6, 6.07) is 3.08. The average Bonchev–Trinajstić information content (AvgIpc) is 2.41. The highest BCUT2D eigenvalue weighted by molar-refractivity contribution is 9.10. The zero-order valence-corrected chi connectivity index (χ0v) is 14.1. The molecule has 6 nitrogen and oxygen atoms in total. The van der Waals surface area contributed by atoms with Crippen LogP contribution in [0.2, 0.25) is 0 Å². The van der Waals surface area contributed by atoms with Crippen molar-refractivity contribution in [2.24, 2.45) is 0 Å². The highest BCUT2D eigenvalue weighted by Gasteiger charge is 2.34. The number of esters is 1. The number of rotatable bonds is 6. The van der Waals surface area contributed by atoms with Crippen LogP contribution in [0.25, 0.3) is 0 Å². The number of carbonyl (C=O) groups excluding carboxylic acids is 1. The molecule has 0 bridgehead atoms. The van der Waals surface area contributed by atoms with E-state index in [9.17, 15) is 14.9 Å². The van der Waals surface area contributed by atoms with Crippen molar-refractivity contribution >= 4 is 33.3 Å². The Morgan fingerprint density at radius 3 is 2.62 bits per heavy atom. The van der Waals surface area contributed by atoms with Gasteiger partial charge < -0.3 is 10.1 Å². The van der Waals surface area contributed by atoms with E-state index >= 15 is 0 Å². The van der Waals surface area contributed by atoms with Gasteiger partial charge in [0.25, 0.3) is 5.69 Å². The summed E-state index contributed by atoms with van der Waals surface area (Å²) in [6.45, 7) is 5.38. The van der Waals surface area contributed by atoms with Crippen molar-refractivity contribution < 1.29 is 14.5 Å². The van der Waals surface area contributed by atoms with E-state index in [1.54, 1.807) is 19.9 Å². The lowest BCUT2D eigenvalue weighted by Gasteiger charge is -2.29. The number of aryl methyl sites for hydroxylation is 1. The lowest BCUT2D eigenvalue weighted by atomic mass is 9.95. The van der Waals surface area contributed by atoms with Crippen LogP contribution in [0.3, 0.4) is 0 Å². The summed E-state index contributed by atoms with van der Waals surface area (Å²) in [4.78, 5) is 22.5. The molecule has 0 fully saturated rings. The molecule has 1 aromatic rings. The first kappa shape index (κ1) is 17.4. The van der Waals surface area contributed by atoms with Crippen LogP contribution >= 0.6 is 15.9 Å². The van der Waals surface area contributed by atoms with Gasteiger partial charge in [-0.1, -0.05) is 13.3 Å². The molecule has 0 spiro atoms. The predicted molar refractivity (Wildman–Crippen MR) is 84.5 cm³/mol. The maximum atomic E-state index is 12.0. The minimum Gasteiger partial charge on any atom is -0.467 e. The summed E-state index contributed by atoms with van der Waals surface area (Å²) in [6.07, 6.45) is 1.38. The van der Waals surface area contributed by atoms with E-state index in [4.69, 9.17) is 4.74 Å². The van der Waals surface area contributed by atoms with Crippen LogP contribution in [0.5, 0.6) is 0 Å². The van der Waals surface area contributed by atoms with Gasteiger partial charge in [-0.25, -0.2) is 4.79 Å². The van der Waals surface area contributed by atoms with Gasteiger partial charge in [-0.05, 0) is 42.3 Å². The van der Waals surface area contributed by atoms with Crippen molar-refractivity contribution in [3.05, 3.63) is 32.3 Å². The van der Waals surface area contributed by atoms with Crippen molar-refractivity contribution in [2.75, 3.05) is 12.4 Å². The number of nitro groups is 1. The van der Waals surface area contributed by atoms with Gasteiger partial charge in [-0.2, -0.15) is 0 Å². The Balaban J connectivity index is 3.19. The number of ether oxygens (including phenoxy) is 1. The largest absolute Gasteiger partial charge is 0.467 e. The minimum absolute atomic E-state index is 0.0303. The molecular formula is C14H19BrN2O4. The number of hydrogen-bond acceptors (Lipinski definition) is 5. The molecule has 7 heteroatoms. The summed E-state index contributed by atoms with van der Waals surface area (Å²) in [5, 5.41) is 14.1. The Bertz CT molecular complexity index is 562. The minimum atomic E-state index is -0.880. The molecule has 0 aromatic heterocycles. The third-order valence-corrected chi connectivity index (χ3v) is 3.93. The zero-order valence-electron chi connectivity index (χ0n) is 12.5. The number of hydrogen-bond donors (Lipinski definition) is 1. The number of benzene rings is 1. The molecule has 0 aliphatic rings. The summed E-state index contributed by atoms with van der Waals surface area (Å²) in [7, 11) is 1.34. The first-order valence-electron chi connectivity index (χ1n) is 6.56. The summed E-state index contributed by atoms with van der Waals surface area (Å²) >= 11 is 3.31. The molecule has 0 aliphatic heterocycles. The van der Waals surface area contributed by atoms with Crippen LogP contribution in [-0.4, -0.2) is 23.5 Å². The first-order chi connectivity index (χ1) is 9.75. The molecule has 1 unspecified atom stereocenters. The Kier molecular flexibility index (Phi) is 5.71. The Hall–Kier alpha value is -1.63. The van der Waals surface area contributed by atoms with Gasteiger partial charge in [-0.3, -0.25) is 10.1 Å². The Morgan fingerprint density at radius 1 is 1.52 bits per heavy atom. The number of nitrogens with zero attached hydrogens (tertiary/aromatic N) is 1. The molecule has 1 N–H and O–H groups in total. The molecule has 0 heterocycles. The second-order valence-electron chi connectivity index (χ2n) is 5.07. The van der Waals surface area contributed by atoms with Gasteiger partial charge in [0.1, 0.15) is 5.54 Å². The van der Waals surface area contributed by atoms with E-state index in [1.165, 1.54) is 13.2 Å². The highest BCUT2D eigenvalue weighted by Crippen LogP contribution is 2.33. The van der Waals surface area contributed by atoms with Gasteiger partial charge in [-0.15, -0.1) is 0 Å². The van der Waals surface area contributed by atoms with Crippen LogP contribution < -0.4 is 5.32 Å². The third kappa shape index (κ3) is 3.93. The quantitative estimate of drug-likeness (QED) is 0.475. The lowest BCUT2D eigenvalue weighted by Crippen LogP contribution is -2.44. The summed E-state index contributed by atoms with van der Waals surface area (Å²) in [5.41, 5.74) is 0.297. The number of halogens is 1. The Labute approximate surface area is 132 Å². The van der Waals surface area contributed by atoms with Crippen molar-refractivity contribution in [2.45, 2.75) is 39.2 Å². The van der Waals surface area contributed by atoms with Crippen molar-refractivity contribution in [3.63, 3.8) is 0 Å². The normalized spacial score (nSPS) is 13.4. The molecule has 0 saturated heterocycles. The number of nitro benzene ring substituents is 1. The fourth-order valence-corrected chi connectivity index (χ4v) is 2.63. The monoisotopic (exact) mass is 358 g/mol. The molecule has 0 aliphatic carbocycles. The second-order valence-corrected chi connectivity index (χ2v) is 5.93. The molecule has 1 rings (SSSR count). The van der Waals surface area contributed by atoms with E-state index in [0.717, 1.165) is 6.42 Å². The van der Waals surface area contributed by atoms with E-state index in [0.29, 0.717) is 22.1 Å². The fraction of sp³-hybridized carbons (Fsp3) is 0.500. The topological polar surface area (TPSA) is 81.5 Å². The first-order valence-corrected chi connectivity index (χ1v) is 7.35. The molecule has 21 heavy (non-hydrogen) atoms. The van der Waals surface area contributed by atoms with Crippen molar-refractivity contribution in [3.8, 4) is 0 Å². The zero-order chi connectivity index (χ0) is 16.2. The van der Waals surface area contributed by atoms with Gasteiger partial charge >= 0.3 is 5.97 Å². The van der Waals surface area contributed by atoms with Crippen LogP contribution in [-0.2, 0) is 9.53 Å². The van der Waals surface area contributed by atoms with Crippen LogP contribution in [0.4, 0.5) is 11.4 Å². The molecule has 0 amide bonds. The van der Waals surface area contributed by atoms with Crippen LogP contribution in [0.1, 0.15) is 32.3 Å². The SMILES string of the molecule is CCCC(C)(Nc1cc(C)c([N+](=O)[O-])cc1Br)C(=O)OC. The van der Waals surface area contributed by atoms with E-state index in [-0.39, 0.29) is 11.7 Å². The van der Waals surface area contributed by atoms with Gasteiger partial charge in [0, 0.05) is 16.1 Å². The number of nitrogens with one attached hydrogen (secondary N) is 1. The number of anilines is 1. The van der Waals surface area contributed by atoms with Crippen molar-refractivity contribution in [1.82, 2.24) is 0 Å². The maximum Gasteiger partial charge on any atom is 0.331 e. The molecule has 0 saturated carbocycles. The summed E-state index contributed by atoms with van der Waals surface area (Å²) < 4.78 is 5.38. The van der Waals surface area contributed by atoms with E-state index < -0.39 is 10.5 Å². The van der Waals surface area contributed by atoms with Gasteiger partial charge in [0.05, 0.1) is 17.7 Å². The standard InChI is InChI=1S/C14H19BrN2O4/c1-5-6-14(3,13(18)21-4)16-11-7-9(2)12(17(19)20)8-10(11)15/h7-8,16H,5-6H2,1-4H3. The molecule has 116 valence electrons. The highest BCUT2D eigenvalue weighted by atomic mass is 79.9. The Morgan fingerprint density at radius 2 is 2.14 bits per heavy atom. The average molecular weight is 359 g/mol. The van der Waals surface area contributed by atoms with Gasteiger partial charge in [0.2, 0.25) is 0 Å². The van der Waals surface area contributed by atoms with E-state index in [1.807, 2.05) is 6.92 Å². The summed E-state index contributed by atoms with van der Waals surface area (Å²) in [5.74, 6) is -0.368. The third-order valence-electron chi connectivity index (χ3n) is 3.28. The molecular weight excluding hydrogens is 340 g/mol. The van der Waals surface area contributed by atoms with Crippen LogP contribution in [0.15, 0.2) is 16.6 Å².